The van der Waals surface area contributed by atoms with Crippen LogP contribution in [0.15, 0.2) is 24.3 Å². The number of aromatic hydroxyl groups is 1. The minimum atomic E-state index is -1.12. The number of hydrogen-bond donors (Lipinski definition) is 2. The molecular weight excluding hydrogens is 250 g/mol. The van der Waals surface area contributed by atoms with Crippen LogP contribution in [-0.4, -0.2) is 22.8 Å². The minimum Gasteiger partial charge on any atom is -0.508 e. The molecule has 1 aromatic rings. The molecule has 6 nitrogen and oxygen atoms in total. The predicted molar refractivity (Wildman–Crippen MR) is 67.4 cm³/mol. The molecule has 1 unspecified atom stereocenters. The van der Waals surface area contributed by atoms with Crippen LogP contribution in [0.3, 0.4) is 0 Å². The average Bonchev–Trinajstić information content (AvgIpc) is 2.26. The molecule has 1 rings (SSSR count). The number of carbonyl (C=O) groups excluding carboxylic acids is 2. The standard InChI is InChI=1S/C13H17NO5/c1-13(2,3)19-12(17)18-11(16)10(14)8-4-6-9(15)7-5-8/h4-7,10,15H,14H2,1-3H3. The van der Waals surface area contributed by atoms with Crippen molar-refractivity contribution in [1.29, 1.82) is 0 Å². The molecule has 0 aliphatic carbocycles. The lowest BCUT2D eigenvalue weighted by molar-refractivity contribution is -0.143. The first kappa shape index (κ1) is 15.0. The van der Waals surface area contributed by atoms with E-state index in [4.69, 9.17) is 15.6 Å². The maximum atomic E-state index is 11.6. The summed E-state index contributed by atoms with van der Waals surface area (Å²) in [6, 6.07) is 4.59. The molecule has 0 fully saturated rings. The van der Waals surface area contributed by atoms with Gasteiger partial charge in [0.15, 0.2) is 0 Å². The fraction of sp³-hybridized carbons (Fsp3) is 0.385. The molecule has 6 heteroatoms. The molecule has 0 saturated carbocycles. The second kappa shape index (κ2) is 5.71. The van der Waals surface area contributed by atoms with E-state index in [0.717, 1.165) is 0 Å². The van der Waals surface area contributed by atoms with Gasteiger partial charge in [-0.3, -0.25) is 0 Å². The van der Waals surface area contributed by atoms with Gasteiger partial charge >= 0.3 is 12.1 Å². The number of esters is 1. The Bertz CT molecular complexity index is 461. The van der Waals surface area contributed by atoms with Gasteiger partial charge in [-0.15, -0.1) is 0 Å². The van der Waals surface area contributed by atoms with Crippen molar-refractivity contribution in [3.8, 4) is 5.75 Å². The molecule has 1 atom stereocenters. The Morgan fingerprint density at radius 3 is 2.21 bits per heavy atom. The molecule has 104 valence electrons. The molecule has 0 amide bonds. The molecule has 0 saturated heterocycles. The Balaban J connectivity index is 2.63. The third-order valence-corrected chi connectivity index (χ3v) is 2.08. The van der Waals surface area contributed by atoms with Crippen molar-refractivity contribution >= 4 is 12.1 Å². The normalized spacial score (nSPS) is 12.6. The molecule has 19 heavy (non-hydrogen) atoms. The van der Waals surface area contributed by atoms with Gasteiger partial charge in [0.05, 0.1) is 0 Å². The Morgan fingerprint density at radius 1 is 1.21 bits per heavy atom. The third kappa shape index (κ3) is 4.97. The summed E-state index contributed by atoms with van der Waals surface area (Å²) >= 11 is 0. The van der Waals surface area contributed by atoms with Crippen LogP contribution >= 0.6 is 0 Å². The van der Waals surface area contributed by atoms with Gasteiger partial charge in [0.25, 0.3) is 0 Å². The molecule has 3 N–H and O–H groups in total. The molecule has 0 radical (unpaired) electrons. The summed E-state index contributed by atoms with van der Waals surface area (Å²) in [5, 5.41) is 9.12. The van der Waals surface area contributed by atoms with E-state index < -0.39 is 23.8 Å². The van der Waals surface area contributed by atoms with Gasteiger partial charge in [-0.2, -0.15) is 0 Å². The van der Waals surface area contributed by atoms with Crippen LogP contribution in [-0.2, 0) is 14.3 Å². The first-order valence-electron chi connectivity index (χ1n) is 5.68. The van der Waals surface area contributed by atoms with Crippen molar-refractivity contribution in [2.75, 3.05) is 0 Å². The lowest BCUT2D eigenvalue weighted by Gasteiger charge is -2.19. The van der Waals surface area contributed by atoms with Gasteiger partial charge in [-0.25, -0.2) is 9.59 Å². The maximum absolute atomic E-state index is 11.6. The van der Waals surface area contributed by atoms with E-state index in [2.05, 4.69) is 4.74 Å². The predicted octanol–water partition coefficient (Wildman–Crippen LogP) is 1.87. The van der Waals surface area contributed by atoms with E-state index in [-0.39, 0.29) is 5.75 Å². The van der Waals surface area contributed by atoms with Crippen LogP contribution in [0.4, 0.5) is 4.79 Å². The summed E-state index contributed by atoms with van der Waals surface area (Å²) in [6.45, 7) is 4.95. The molecular formula is C13H17NO5. The first-order chi connectivity index (χ1) is 8.69. The number of nitrogens with two attached hydrogens (primary N) is 1. The number of ether oxygens (including phenoxy) is 2. The van der Waals surface area contributed by atoms with E-state index >= 15 is 0 Å². The van der Waals surface area contributed by atoms with Crippen LogP contribution in [0.5, 0.6) is 5.75 Å². The summed E-state index contributed by atoms with van der Waals surface area (Å²) in [7, 11) is 0. The van der Waals surface area contributed by atoms with E-state index in [1.54, 1.807) is 20.8 Å². The second-order valence-electron chi connectivity index (χ2n) is 4.95. The minimum absolute atomic E-state index is 0.0523. The molecule has 0 aromatic heterocycles. The average molecular weight is 267 g/mol. The summed E-state index contributed by atoms with van der Waals surface area (Å²) < 4.78 is 9.32. The van der Waals surface area contributed by atoms with Crippen LogP contribution < -0.4 is 5.73 Å². The van der Waals surface area contributed by atoms with Crippen molar-refractivity contribution in [1.82, 2.24) is 0 Å². The van der Waals surface area contributed by atoms with Gasteiger partial charge in [0.1, 0.15) is 17.4 Å². The number of phenolic OH excluding ortho intramolecular Hbond substituents is 1. The Morgan fingerprint density at radius 2 is 1.74 bits per heavy atom. The molecule has 0 spiro atoms. The largest absolute Gasteiger partial charge is 0.516 e. The van der Waals surface area contributed by atoms with Crippen LogP contribution in [0, 0.1) is 0 Å². The molecule has 0 bridgehead atoms. The second-order valence-corrected chi connectivity index (χ2v) is 4.95. The number of benzene rings is 1. The fourth-order valence-corrected chi connectivity index (χ4v) is 1.23. The van der Waals surface area contributed by atoms with E-state index in [9.17, 15) is 9.59 Å². The Kier molecular flexibility index (Phi) is 4.50. The molecule has 0 heterocycles. The molecule has 0 aliphatic heterocycles. The first-order valence-corrected chi connectivity index (χ1v) is 5.68. The van der Waals surface area contributed by atoms with Crippen LogP contribution in [0.2, 0.25) is 0 Å². The quantitative estimate of drug-likeness (QED) is 0.627. The Hall–Kier alpha value is -2.08. The number of phenols is 1. The smallest absolute Gasteiger partial charge is 0.508 e. The monoisotopic (exact) mass is 267 g/mol. The SMILES string of the molecule is CC(C)(C)OC(=O)OC(=O)C(N)c1ccc(O)cc1. The van der Waals surface area contributed by atoms with Gasteiger partial charge in [0.2, 0.25) is 0 Å². The van der Waals surface area contributed by atoms with Crippen molar-refractivity contribution in [2.45, 2.75) is 32.4 Å². The van der Waals surface area contributed by atoms with E-state index in [1.165, 1.54) is 24.3 Å². The summed E-state index contributed by atoms with van der Waals surface area (Å²) in [6.07, 6.45) is -1.09. The zero-order valence-electron chi connectivity index (χ0n) is 11.0. The highest BCUT2D eigenvalue weighted by Crippen LogP contribution is 2.17. The fourth-order valence-electron chi connectivity index (χ4n) is 1.23. The van der Waals surface area contributed by atoms with Crippen molar-refractivity contribution in [3.05, 3.63) is 29.8 Å². The molecule has 1 aromatic carbocycles. The van der Waals surface area contributed by atoms with Crippen LogP contribution in [0.25, 0.3) is 0 Å². The van der Waals surface area contributed by atoms with E-state index in [0.29, 0.717) is 5.56 Å². The summed E-state index contributed by atoms with van der Waals surface area (Å²) in [5.41, 5.74) is 5.31. The van der Waals surface area contributed by atoms with Gasteiger partial charge in [0, 0.05) is 0 Å². The summed E-state index contributed by atoms with van der Waals surface area (Å²) in [4.78, 5) is 22.9. The Labute approximate surface area is 111 Å². The third-order valence-electron chi connectivity index (χ3n) is 2.08. The van der Waals surface area contributed by atoms with Gasteiger partial charge < -0.3 is 20.3 Å². The zero-order chi connectivity index (χ0) is 14.6. The lowest BCUT2D eigenvalue weighted by atomic mass is 10.1. The maximum Gasteiger partial charge on any atom is 0.516 e. The van der Waals surface area contributed by atoms with Crippen molar-refractivity contribution in [3.63, 3.8) is 0 Å². The van der Waals surface area contributed by atoms with Crippen molar-refractivity contribution in [2.24, 2.45) is 5.73 Å². The number of hydrogen-bond acceptors (Lipinski definition) is 6. The lowest BCUT2D eigenvalue weighted by Crippen LogP contribution is -2.30. The zero-order valence-corrected chi connectivity index (χ0v) is 11.0. The number of rotatable bonds is 2. The van der Waals surface area contributed by atoms with Gasteiger partial charge in [-0.05, 0) is 38.5 Å². The molecule has 0 aliphatic rings. The van der Waals surface area contributed by atoms with Gasteiger partial charge in [-0.1, -0.05) is 12.1 Å². The van der Waals surface area contributed by atoms with Crippen molar-refractivity contribution < 1.29 is 24.2 Å². The highest BCUT2D eigenvalue weighted by Gasteiger charge is 2.24. The summed E-state index contributed by atoms with van der Waals surface area (Å²) in [5.74, 6) is -0.864. The van der Waals surface area contributed by atoms with Crippen LogP contribution in [0.1, 0.15) is 32.4 Å². The number of carbonyl (C=O) groups is 2. The van der Waals surface area contributed by atoms with E-state index in [1.807, 2.05) is 0 Å². The highest BCUT2D eigenvalue weighted by atomic mass is 16.7. The highest BCUT2D eigenvalue weighted by molar-refractivity contribution is 5.86. The topological polar surface area (TPSA) is 98.9 Å².